The molecule has 0 saturated carbocycles. The topological polar surface area (TPSA) is 81.1 Å². The first-order valence-corrected chi connectivity index (χ1v) is 11.9. The van der Waals surface area contributed by atoms with E-state index in [9.17, 15) is 8.60 Å². The average molecular weight is 490 g/mol. The molecule has 0 radical (unpaired) electrons. The minimum atomic E-state index is -1.76. The van der Waals surface area contributed by atoms with Crippen LogP contribution in [-0.2, 0) is 10.8 Å². The van der Waals surface area contributed by atoms with E-state index < -0.39 is 39.8 Å². The lowest BCUT2D eigenvalue weighted by Crippen LogP contribution is -2.13. The fourth-order valence-corrected chi connectivity index (χ4v) is 5.04. The Morgan fingerprint density at radius 1 is 1.09 bits per heavy atom. The Balaban J connectivity index is 1.85. The highest BCUT2D eigenvalue weighted by Gasteiger charge is 2.27. The van der Waals surface area contributed by atoms with Crippen LogP contribution in [0.3, 0.4) is 0 Å². The molecule has 1 heterocycles. The van der Waals surface area contributed by atoms with Crippen LogP contribution in [0.2, 0.25) is 0 Å². The van der Waals surface area contributed by atoms with Crippen LogP contribution in [0.25, 0.3) is 10.9 Å². The monoisotopic (exact) mass is 489 g/mol. The molecule has 0 aliphatic rings. The summed E-state index contributed by atoms with van der Waals surface area (Å²) in [4.78, 5) is 0.765. The first-order chi connectivity index (χ1) is 15.7. The summed E-state index contributed by atoms with van der Waals surface area (Å²) in [7, 11) is -1.76. The van der Waals surface area contributed by atoms with Gasteiger partial charge in [0.1, 0.15) is 17.4 Å². The Morgan fingerprint density at radius 3 is 2.42 bits per heavy atom. The second kappa shape index (κ2) is 8.95. The molecule has 0 aliphatic heterocycles. The Bertz CT molecular complexity index is 1420. The highest BCUT2D eigenvalue weighted by atomic mass is 32.2. The van der Waals surface area contributed by atoms with Gasteiger partial charge in [0.05, 0.1) is 26.8 Å². The molecule has 0 saturated heterocycles. The third-order valence-corrected chi connectivity index (χ3v) is 6.83. The number of hydrogen-bond acceptors (Lipinski definition) is 4. The van der Waals surface area contributed by atoms with Crippen molar-refractivity contribution < 1.29 is 22.1 Å². The van der Waals surface area contributed by atoms with E-state index in [1.807, 2.05) is 31.2 Å². The number of nitrogens with one attached hydrogen (secondary N) is 1. The fraction of sp³-hybridized carbons (Fsp3) is 0.0870. The number of rotatable bonds is 6. The van der Waals surface area contributed by atoms with Crippen molar-refractivity contribution in [3.8, 4) is 11.5 Å². The number of nitrogen functional groups attached to an aromatic ring is 1. The van der Waals surface area contributed by atoms with Gasteiger partial charge in [-0.25, -0.2) is 8.78 Å². The van der Waals surface area contributed by atoms with Crippen molar-refractivity contribution in [2.45, 2.75) is 16.7 Å². The van der Waals surface area contributed by atoms with Gasteiger partial charge in [-0.1, -0.05) is 17.7 Å². The summed E-state index contributed by atoms with van der Waals surface area (Å²) in [5.41, 5.74) is 6.10. The van der Waals surface area contributed by atoms with Crippen LogP contribution in [0.4, 0.5) is 13.2 Å². The summed E-state index contributed by atoms with van der Waals surface area (Å²) in [5.74, 6) is -4.47. The van der Waals surface area contributed by atoms with Gasteiger partial charge < -0.3 is 10.5 Å². The quantitative estimate of drug-likeness (QED) is 0.268. The molecule has 4 rings (SSSR count). The molecule has 0 bridgehead atoms. The fourth-order valence-electron chi connectivity index (χ4n) is 3.30. The molecule has 3 N–H and O–H groups in total. The zero-order chi connectivity index (χ0) is 23.9. The van der Waals surface area contributed by atoms with Gasteiger partial charge in [-0.3, -0.25) is 13.6 Å². The maximum absolute atomic E-state index is 15.2. The van der Waals surface area contributed by atoms with Crippen LogP contribution in [-0.4, -0.2) is 20.3 Å². The molecule has 10 heteroatoms. The molecule has 0 aliphatic carbocycles. The van der Waals surface area contributed by atoms with Crippen molar-refractivity contribution in [2.24, 2.45) is 5.73 Å². The van der Waals surface area contributed by atoms with E-state index in [0.717, 1.165) is 22.6 Å². The zero-order valence-electron chi connectivity index (χ0n) is 17.5. The summed E-state index contributed by atoms with van der Waals surface area (Å²) in [6.45, 7) is 1.94. The van der Waals surface area contributed by atoms with Gasteiger partial charge in [0.2, 0.25) is 5.82 Å². The third kappa shape index (κ3) is 4.36. The Kier molecular flexibility index (Phi) is 6.22. The molecule has 1 unspecified atom stereocenters. The van der Waals surface area contributed by atoms with Crippen LogP contribution >= 0.6 is 11.9 Å². The molecular weight excluding hydrogens is 471 g/mol. The van der Waals surface area contributed by atoms with Gasteiger partial charge in [0, 0.05) is 22.7 Å². The smallest absolute Gasteiger partial charge is 0.204 e. The molecule has 33 heavy (non-hydrogen) atoms. The standard InChI is InChI=1S/C23H18F3N3O2S2/c1-12-3-6-14(7-4-12)32-29-10-9-15-20(29)18(25)19(26)21(22(15)33(2)30)31-13-5-8-17(24)16(11-13)23(27)28/h3-11H,1-2H3,(H3,27,28). The van der Waals surface area contributed by atoms with E-state index in [0.29, 0.717) is 0 Å². The number of ether oxygens (including phenoxy) is 1. The largest absolute Gasteiger partial charge is 0.453 e. The lowest BCUT2D eigenvalue weighted by molar-refractivity contribution is 0.408. The van der Waals surface area contributed by atoms with E-state index in [4.69, 9.17) is 15.9 Å². The van der Waals surface area contributed by atoms with E-state index >= 15 is 8.78 Å². The van der Waals surface area contributed by atoms with Crippen LogP contribution in [0.1, 0.15) is 11.1 Å². The van der Waals surface area contributed by atoms with E-state index in [2.05, 4.69) is 0 Å². The molecule has 1 atom stereocenters. The van der Waals surface area contributed by atoms with E-state index in [1.54, 1.807) is 6.20 Å². The van der Waals surface area contributed by atoms with Crippen molar-refractivity contribution in [1.82, 2.24) is 3.97 Å². The number of nitrogens with zero attached hydrogens (tertiary/aromatic N) is 1. The molecular formula is C23H18F3N3O2S2. The minimum Gasteiger partial charge on any atom is -0.453 e. The van der Waals surface area contributed by atoms with Crippen molar-refractivity contribution in [3.05, 3.63) is 83.3 Å². The second-order valence-corrected chi connectivity index (χ2v) is 9.57. The molecule has 5 nitrogen and oxygen atoms in total. The van der Waals surface area contributed by atoms with Crippen LogP contribution < -0.4 is 10.5 Å². The average Bonchev–Trinajstić information content (AvgIpc) is 3.17. The molecule has 0 amide bonds. The number of nitrogens with two attached hydrogens (primary N) is 1. The lowest BCUT2D eigenvalue weighted by Gasteiger charge is -2.15. The summed E-state index contributed by atoms with van der Waals surface area (Å²) in [6, 6.07) is 12.3. The molecule has 0 spiro atoms. The molecule has 3 aromatic carbocycles. The van der Waals surface area contributed by atoms with Crippen molar-refractivity contribution in [1.29, 1.82) is 5.41 Å². The number of aryl methyl sites for hydroxylation is 1. The third-order valence-electron chi connectivity index (χ3n) is 4.86. The number of fused-ring (bicyclic) bond motifs is 1. The maximum Gasteiger partial charge on any atom is 0.204 e. The highest BCUT2D eigenvalue weighted by Crippen LogP contribution is 2.41. The predicted octanol–water partition coefficient (Wildman–Crippen LogP) is 5.74. The van der Waals surface area contributed by atoms with Gasteiger partial charge >= 0.3 is 0 Å². The van der Waals surface area contributed by atoms with E-state index in [1.165, 1.54) is 34.3 Å². The molecule has 170 valence electrons. The van der Waals surface area contributed by atoms with Crippen molar-refractivity contribution in [2.75, 3.05) is 6.26 Å². The van der Waals surface area contributed by atoms with Crippen LogP contribution in [0, 0.1) is 29.8 Å². The van der Waals surface area contributed by atoms with Gasteiger partial charge in [0.15, 0.2) is 11.6 Å². The maximum atomic E-state index is 15.2. The number of aromatic nitrogens is 1. The lowest BCUT2D eigenvalue weighted by atomic mass is 10.2. The Labute approximate surface area is 194 Å². The Hall–Kier alpha value is -3.24. The number of hydrogen-bond donors (Lipinski definition) is 2. The normalized spacial score (nSPS) is 12.2. The molecule has 1 aromatic heterocycles. The number of amidine groups is 1. The van der Waals surface area contributed by atoms with Crippen LogP contribution in [0.5, 0.6) is 11.5 Å². The summed E-state index contributed by atoms with van der Waals surface area (Å²) < 4.78 is 63.9. The van der Waals surface area contributed by atoms with Crippen molar-refractivity contribution in [3.63, 3.8) is 0 Å². The highest BCUT2D eigenvalue weighted by molar-refractivity contribution is 7.98. The first kappa shape index (κ1) is 22.9. The van der Waals surface area contributed by atoms with Crippen molar-refractivity contribution >= 4 is 39.5 Å². The van der Waals surface area contributed by atoms with Gasteiger partial charge in [-0.15, -0.1) is 0 Å². The van der Waals surface area contributed by atoms with Gasteiger partial charge in [0.25, 0.3) is 0 Å². The Morgan fingerprint density at radius 2 is 1.79 bits per heavy atom. The van der Waals surface area contributed by atoms with Gasteiger partial charge in [-0.05, 0) is 55.3 Å². The zero-order valence-corrected chi connectivity index (χ0v) is 19.1. The molecule has 0 fully saturated rings. The minimum absolute atomic E-state index is 0.0409. The number of benzene rings is 3. The number of halogens is 3. The predicted molar refractivity (Wildman–Crippen MR) is 124 cm³/mol. The van der Waals surface area contributed by atoms with Crippen LogP contribution in [0.15, 0.2) is 64.5 Å². The SMILES string of the molecule is Cc1ccc(Sn2ccc3c(S(C)=O)c(Oc4ccc(F)c(C(=N)N)c4)c(F)c(F)c32)cc1. The first-order valence-electron chi connectivity index (χ1n) is 9.59. The summed E-state index contributed by atoms with van der Waals surface area (Å²) in [6.07, 6.45) is 2.89. The summed E-state index contributed by atoms with van der Waals surface area (Å²) >= 11 is 1.18. The molecule has 4 aromatic rings. The van der Waals surface area contributed by atoms with Gasteiger partial charge in [-0.2, -0.15) is 4.39 Å². The second-order valence-electron chi connectivity index (χ2n) is 7.21. The van der Waals surface area contributed by atoms with E-state index in [-0.39, 0.29) is 27.1 Å². The summed E-state index contributed by atoms with van der Waals surface area (Å²) in [5, 5.41) is 7.67.